The SMILES string of the molecule is CCOP(=O)(OCC)C(N1CCC2(CC1)CC2(F)F)P(=O)(OCC)OCC. The molecule has 7 nitrogen and oxygen atoms in total. The zero-order valence-corrected chi connectivity index (χ0v) is 18.3. The van der Waals surface area contributed by atoms with Crippen LogP contribution in [0.2, 0.25) is 0 Å². The molecule has 1 heterocycles. The first-order valence-electron chi connectivity index (χ1n) is 9.53. The van der Waals surface area contributed by atoms with Gasteiger partial charge in [-0.2, -0.15) is 0 Å². The van der Waals surface area contributed by atoms with E-state index in [9.17, 15) is 17.9 Å². The number of rotatable bonds is 11. The van der Waals surface area contributed by atoms with Gasteiger partial charge in [0.15, 0.2) is 0 Å². The second kappa shape index (κ2) is 8.86. The molecule has 0 bridgehead atoms. The molecule has 1 saturated heterocycles. The molecule has 1 aliphatic carbocycles. The average Bonchev–Trinajstić information content (AvgIpc) is 3.10. The molecule has 1 saturated carbocycles. The Morgan fingerprint density at radius 1 is 0.852 bits per heavy atom. The van der Waals surface area contributed by atoms with Crippen molar-refractivity contribution in [2.45, 2.75) is 58.4 Å². The molecule has 0 atom stereocenters. The Morgan fingerprint density at radius 2 is 1.19 bits per heavy atom. The van der Waals surface area contributed by atoms with Gasteiger partial charge >= 0.3 is 15.2 Å². The van der Waals surface area contributed by atoms with Crippen LogP contribution in [0, 0.1) is 5.41 Å². The van der Waals surface area contributed by atoms with Gasteiger partial charge in [-0.15, -0.1) is 0 Å². The van der Waals surface area contributed by atoms with Crippen molar-refractivity contribution >= 4 is 15.2 Å². The zero-order chi connectivity index (χ0) is 20.3. The number of piperidine rings is 1. The molecule has 2 rings (SSSR count). The fraction of sp³-hybridized carbons (Fsp3) is 1.00. The van der Waals surface area contributed by atoms with Gasteiger partial charge in [0.25, 0.3) is 5.92 Å². The summed E-state index contributed by atoms with van der Waals surface area (Å²) in [7, 11) is -7.81. The predicted octanol–water partition coefficient (Wildman–Crippen LogP) is 4.92. The minimum absolute atomic E-state index is 0.0852. The number of hydrogen-bond donors (Lipinski definition) is 0. The number of likely N-dealkylation sites (tertiary alicyclic amines) is 1. The third kappa shape index (κ3) is 4.66. The lowest BCUT2D eigenvalue weighted by molar-refractivity contribution is 0.0285. The standard InChI is InChI=1S/C16H31F2NO6P2/c1-5-22-26(20,23-6-2)14(27(21,24-7-3)25-8-4)19-11-9-15(10-12-19)13-16(15,17)18/h14H,5-13H2,1-4H3. The van der Waals surface area contributed by atoms with E-state index in [1.165, 1.54) is 0 Å². The summed E-state index contributed by atoms with van der Waals surface area (Å²) in [6.07, 6.45) is 0.335. The highest BCUT2D eigenvalue weighted by Crippen LogP contribution is 2.73. The lowest BCUT2D eigenvalue weighted by Crippen LogP contribution is -2.44. The number of nitrogens with zero attached hydrogens (tertiary/aromatic N) is 1. The maximum Gasteiger partial charge on any atom is 0.360 e. The second-order valence-corrected chi connectivity index (χ2v) is 11.4. The number of hydrogen-bond acceptors (Lipinski definition) is 7. The average molecular weight is 433 g/mol. The molecule has 160 valence electrons. The van der Waals surface area contributed by atoms with Crippen molar-refractivity contribution in [3.05, 3.63) is 0 Å². The van der Waals surface area contributed by atoms with Crippen LogP contribution in [0.25, 0.3) is 0 Å². The van der Waals surface area contributed by atoms with Crippen LogP contribution in [0.15, 0.2) is 0 Å². The van der Waals surface area contributed by atoms with E-state index in [1.807, 2.05) is 0 Å². The molecule has 0 aromatic heterocycles. The first kappa shape index (κ1) is 23.4. The molecule has 2 fully saturated rings. The van der Waals surface area contributed by atoms with Crippen molar-refractivity contribution in [1.29, 1.82) is 0 Å². The van der Waals surface area contributed by atoms with Crippen molar-refractivity contribution in [3.8, 4) is 0 Å². The topological polar surface area (TPSA) is 74.3 Å². The zero-order valence-electron chi connectivity index (χ0n) is 16.5. The molecular formula is C16H31F2NO6P2. The number of alkyl halides is 2. The monoisotopic (exact) mass is 433 g/mol. The molecule has 0 aromatic rings. The van der Waals surface area contributed by atoms with Gasteiger partial charge in [-0.25, -0.2) is 8.78 Å². The van der Waals surface area contributed by atoms with Crippen LogP contribution in [0.5, 0.6) is 0 Å². The summed E-state index contributed by atoms with van der Waals surface area (Å²) in [5, 5.41) is 0. The molecule has 1 spiro atoms. The molecule has 0 unspecified atom stereocenters. The summed E-state index contributed by atoms with van der Waals surface area (Å²) in [5.41, 5.74) is -2.26. The van der Waals surface area contributed by atoms with E-state index in [0.717, 1.165) is 0 Å². The molecule has 1 aliphatic heterocycles. The first-order valence-corrected chi connectivity index (χ1v) is 12.8. The van der Waals surface area contributed by atoms with Gasteiger partial charge in [-0.1, -0.05) is 0 Å². The molecule has 0 amide bonds. The van der Waals surface area contributed by atoms with Crippen molar-refractivity contribution < 1.29 is 36.0 Å². The highest BCUT2D eigenvalue weighted by molar-refractivity contribution is 7.72. The molecule has 2 aliphatic rings. The van der Waals surface area contributed by atoms with Gasteiger partial charge in [-0.05, 0) is 40.5 Å². The predicted molar refractivity (Wildman–Crippen MR) is 98.3 cm³/mol. The minimum atomic E-state index is -3.91. The quantitative estimate of drug-likeness (QED) is 0.428. The maximum absolute atomic E-state index is 13.7. The second-order valence-electron chi connectivity index (χ2n) is 6.79. The van der Waals surface area contributed by atoms with E-state index in [4.69, 9.17) is 18.1 Å². The molecule has 0 radical (unpaired) electrons. The van der Waals surface area contributed by atoms with Gasteiger partial charge in [-0.3, -0.25) is 14.0 Å². The highest BCUT2D eigenvalue weighted by atomic mass is 31.2. The van der Waals surface area contributed by atoms with Crippen molar-refractivity contribution in [2.75, 3.05) is 39.5 Å². The van der Waals surface area contributed by atoms with Crippen molar-refractivity contribution in [3.63, 3.8) is 0 Å². The van der Waals surface area contributed by atoms with E-state index < -0.39 is 32.1 Å². The van der Waals surface area contributed by atoms with Crippen LogP contribution >= 0.6 is 15.2 Å². The minimum Gasteiger partial charge on any atom is -0.307 e. The molecule has 0 N–H and O–H groups in total. The Kier molecular flexibility index (Phi) is 7.68. The van der Waals surface area contributed by atoms with Crippen molar-refractivity contribution in [2.24, 2.45) is 5.41 Å². The number of halogens is 2. The van der Waals surface area contributed by atoms with Crippen LogP contribution in [0.1, 0.15) is 47.0 Å². The molecule has 0 aromatic carbocycles. The molecule has 27 heavy (non-hydrogen) atoms. The Balaban J connectivity index is 2.34. The van der Waals surface area contributed by atoms with E-state index in [-0.39, 0.29) is 58.8 Å². The summed E-state index contributed by atoms with van der Waals surface area (Å²) in [6, 6.07) is 0. The Labute approximate surface area is 160 Å². The smallest absolute Gasteiger partial charge is 0.307 e. The Bertz CT molecular complexity index is 547. The summed E-state index contributed by atoms with van der Waals surface area (Å²) >= 11 is 0. The Morgan fingerprint density at radius 3 is 1.44 bits per heavy atom. The van der Waals surface area contributed by atoms with Gasteiger partial charge in [0.05, 0.1) is 26.4 Å². The summed E-state index contributed by atoms with van der Waals surface area (Å²) in [6.45, 7) is 7.38. The van der Waals surface area contributed by atoms with Gasteiger partial charge in [0.2, 0.25) is 5.52 Å². The summed E-state index contributed by atoms with van der Waals surface area (Å²) < 4.78 is 76.3. The maximum atomic E-state index is 13.7. The molecular weight excluding hydrogens is 402 g/mol. The van der Waals surface area contributed by atoms with Crippen LogP contribution in [-0.2, 0) is 27.2 Å². The third-order valence-electron chi connectivity index (χ3n) is 5.09. The van der Waals surface area contributed by atoms with E-state index in [0.29, 0.717) is 0 Å². The van der Waals surface area contributed by atoms with Crippen LogP contribution in [0.4, 0.5) is 8.78 Å². The third-order valence-corrected chi connectivity index (χ3v) is 11.0. The molecule has 11 heteroatoms. The van der Waals surface area contributed by atoms with E-state index in [2.05, 4.69) is 0 Å². The van der Waals surface area contributed by atoms with Crippen LogP contribution in [0.3, 0.4) is 0 Å². The fourth-order valence-corrected chi connectivity index (χ4v) is 9.31. The normalized spacial score (nSPS) is 22.5. The van der Waals surface area contributed by atoms with Gasteiger partial charge in [0, 0.05) is 24.9 Å². The van der Waals surface area contributed by atoms with Gasteiger partial charge < -0.3 is 18.1 Å². The fourth-order valence-electron chi connectivity index (χ4n) is 3.74. The van der Waals surface area contributed by atoms with E-state index >= 15 is 0 Å². The Hall–Kier alpha value is 0.120. The first-order chi connectivity index (χ1) is 12.6. The van der Waals surface area contributed by atoms with Crippen LogP contribution in [-0.4, -0.2) is 55.9 Å². The van der Waals surface area contributed by atoms with Crippen molar-refractivity contribution in [1.82, 2.24) is 4.90 Å². The summed E-state index contributed by atoms with van der Waals surface area (Å²) in [5.74, 6) is -2.65. The van der Waals surface area contributed by atoms with Gasteiger partial charge in [0.1, 0.15) is 0 Å². The highest BCUT2D eigenvalue weighted by Gasteiger charge is 2.71. The van der Waals surface area contributed by atoms with Crippen LogP contribution < -0.4 is 0 Å². The largest absolute Gasteiger partial charge is 0.360 e. The lowest BCUT2D eigenvalue weighted by atomic mass is 9.93. The lowest BCUT2D eigenvalue weighted by Gasteiger charge is -2.41. The summed E-state index contributed by atoms with van der Waals surface area (Å²) in [4.78, 5) is 1.64. The van der Waals surface area contributed by atoms with E-state index in [1.54, 1.807) is 32.6 Å².